The van der Waals surface area contributed by atoms with Crippen molar-refractivity contribution in [2.24, 2.45) is 0 Å². The largest absolute Gasteiger partial charge is 0.264 e. The maximum atomic E-state index is 5.76. The highest BCUT2D eigenvalue weighted by atomic mass is 14.6. The normalized spacial score (nSPS) is 15.4. The van der Waals surface area contributed by atoms with Gasteiger partial charge in [0.15, 0.2) is 0 Å². The number of aromatic nitrogens is 1. The van der Waals surface area contributed by atoms with E-state index in [0.29, 0.717) is 0 Å². The van der Waals surface area contributed by atoms with Crippen molar-refractivity contribution >= 4 is 19.5 Å². The number of hydrogen-bond acceptors (Lipinski definition) is 1. The molecule has 0 unspecified atom stereocenters. The smallest absolute Gasteiger partial charge is 0.107 e. The first kappa shape index (κ1) is 10.9. The molecule has 0 aliphatic heterocycles. The van der Waals surface area contributed by atoms with Crippen molar-refractivity contribution in [1.82, 2.24) is 4.98 Å². The summed E-state index contributed by atoms with van der Waals surface area (Å²) >= 11 is 0. The Kier molecular flexibility index (Phi) is 3.09. The maximum absolute atomic E-state index is 5.76. The molecule has 1 aliphatic carbocycles. The van der Waals surface area contributed by atoms with Crippen LogP contribution in [-0.2, 0) is 0 Å². The molecule has 0 atom stereocenters. The number of hydrogen-bond donors (Lipinski definition) is 0. The van der Waals surface area contributed by atoms with Crippen LogP contribution in [0.15, 0.2) is 36.1 Å². The first-order valence-electron chi connectivity index (χ1n) is 5.44. The highest BCUT2D eigenvalue weighted by Crippen LogP contribution is 2.27. The van der Waals surface area contributed by atoms with Gasteiger partial charge < -0.3 is 0 Å². The molecule has 0 bridgehead atoms. The first-order chi connectivity index (χ1) is 7.68. The second-order valence-corrected chi connectivity index (χ2v) is 4.10. The standard InChI is InChI=1S/C14H14BN/c1-10-8-16-9-14(12-5-3-4-6-12)13(10)7-11(2)15/h3,5-9H,4H2,1-2H3/b11-7+. The van der Waals surface area contributed by atoms with E-state index in [0.717, 1.165) is 17.5 Å². The third kappa shape index (κ3) is 2.16. The van der Waals surface area contributed by atoms with Gasteiger partial charge in [-0.05, 0) is 30.0 Å². The van der Waals surface area contributed by atoms with E-state index >= 15 is 0 Å². The van der Waals surface area contributed by atoms with Crippen molar-refractivity contribution in [2.75, 3.05) is 0 Å². The summed E-state index contributed by atoms with van der Waals surface area (Å²) in [5, 5.41) is 0. The summed E-state index contributed by atoms with van der Waals surface area (Å²) in [6.45, 7) is 3.97. The van der Waals surface area contributed by atoms with Crippen LogP contribution in [0.1, 0.15) is 30.0 Å². The van der Waals surface area contributed by atoms with Gasteiger partial charge in [-0.3, -0.25) is 4.98 Å². The molecule has 2 rings (SSSR count). The lowest BCUT2D eigenvalue weighted by atomic mass is 9.91. The van der Waals surface area contributed by atoms with Crippen molar-refractivity contribution in [2.45, 2.75) is 20.3 Å². The van der Waals surface area contributed by atoms with Crippen LogP contribution in [0, 0.1) is 6.92 Å². The SMILES string of the molecule is [B]/C(C)=C/c1c(C)cncc1C1=CCC=C1. The molecule has 16 heavy (non-hydrogen) atoms. The third-order valence-electron chi connectivity index (χ3n) is 2.64. The number of nitrogens with zero attached hydrogens (tertiary/aromatic N) is 1. The summed E-state index contributed by atoms with van der Waals surface area (Å²) in [4.78, 5) is 4.25. The van der Waals surface area contributed by atoms with Gasteiger partial charge in [0.1, 0.15) is 7.85 Å². The molecule has 1 aromatic heterocycles. The second kappa shape index (κ2) is 4.52. The predicted octanol–water partition coefficient (Wildman–Crippen LogP) is 3.26. The number of allylic oxidation sites excluding steroid dienone is 5. The fraction of sp³-hybridized carbons (Fsp3) is 0.214. The van der Waals surface area contributed by atoms with Crippen LogP contribution in [-0.4, -0.2) is 12.8 Å². The Labute approximate surface area is 98.0 Å². The summed E-state index contributed by atoms with van der Waals surface area (Å²) in [6, 6.07) is 0. The van der Waals surface area contributed by atoms with E-state index in [-0.39, 0.29) is 0 Å². The second-order valence-electron chi connectivity index (χ2n) is 4.10. The Morgan fingerprint density at radius 2 is 2.25 bits per heavy atom. The lowest BCUT2D eigenvalue weighted by Crippen LogP contribution is -1.93. The number of rotatable bonds is 2. The van der Waals surface area contributed by atoms with Crippen molar-refractivity contribution in [3.63, 3.8) is 0 Å². The average molecular weight is 207 g/mol. The molecule has 1 nitrogen and oxygen atoms in total. The summed E-state index contributed by atoms with van der Waals surface area (Å²) < 4.78 is 0. The minimum Gasteiger partial charge on any atom is -0.264 e. The minimum absolute atomic E-state index is 0.818. The molecule has 0 saturated heterocycles. The van der Waals surface area contributed by atoms with Crippen molar-refractivity contribution in [1.29, 1.82) is 0 Å². The highest BCUT2D eigenvalue weighted by Gasteiger charge is 2.08. The number of pyridine rings is 1. The zero-order valence-corrected chi connectivity index (χ0v) is 9.70. The molecule has 0 amide bonds. The van der Waals surface area contributed by atoms with Gasteiger partial charge in [-0.1, -0.05) is 31.2 Å². The Hall–Kier alpha value is -1.57. The van der Waals surface area contributed by atoms with Crippen molar-refractivity contribution < 1.29 is 0 Å². The topological polar surface area (TPSA) is 12.9 Å². The summed E-state index contributed by atoms with van der Waals surface area (Å²) in [5.41, 5.74) is 5.55. The van der Waals surface area contributed by atoms with E-state index in [2.05, 4.69) is 30.1 Å². The third-order valence-corrected chi connectivity index (χ3v) is 2.64. The molecule has 0 saturated carbocycles. The summed E-state index contributed by atoms with van der Waals surface area (Å²) in [5.74, 6) is 0. The minimum atomic E-state index is 0.818. The predicted molar refractivity (Wildman–Crippen MR) is 70.1 cm³/mol. The van der Waals surface area contributed by atoms with Gasteiger partial charge in [-0.15, -0.1) is 5.47 Å². The van der Waals surface area contributed by atoms with E-state index in [1.165, 1.54) is 16.7 Å². The van der Waals surface area contributed by atoms with Crippen LogP contribution in [0.25, 0.3) is 11.6 Å². The molecular weight excluding hydrogens is 193 g/mol. The van der Waals surface area contributed by atoms with Gasteiger partial charge in [0.2, 0.25) is 0 Å². The fourth-order valence-electron chi connectivity index (χ4n) is 1.88. The Morgan fingerprint density at radius 1 is 1.44 bits per heavy atom. The summed E-state index contributed by atoms with van der Waals surface area (Å²) in [6.07, 6.45) is 13.3. The Morgan fingerprint density at radius 3 is 2.88 bits per heavy atom. The van der Waals surface area contributed by atoms with Crippen molar-refractivity contribution in [3.8, 4) is 0 Å². The first-order valence-corrected chi connectivity index (χ1v) is 5.44. The van der Waals surface area contributed by atoms with Gasteiger partial charge in [0.05, 0.1) is 0 Å². The van der Waals surface area contributed by atoms with E-state index in [4.69, 9.17) is 7.85 Å². The van der Waals surface area contributed by atoms with Crippen LogP contribution in [0.5, 0.6) is 0 Å². The van der Waals surface area contributed by atoms with Gasteiger partial charge in [-0.25, -0.2) is 0 Å². The van der Waals surface area contributed by atoms with E-state index in [9.17, 15) is 0 Å². The Bertz CT molecular complexity index is 491. The van der Waals surface area contributed by atoms with Gasteiger partial charge >= 0.3 is 0 Å². The lowest BCUT2D eigenvalue weighted by Gasteiger charge is -2.09. The molecule has 0 spiro atoms. The van der Waals surface area contributed by atoms with Gasteiger partial charge in [0.25, 0.3) is 0 Å². The van der Waals surface area contributed by atoms with Crippen LogP contribution < -0.4 is 0 Å². The van der Waals surface area contributed by atoms with E-state index in [1.54, 1.807) is 0 Å². The van der Waals surface area contributed by atoms with Gasteiger partial charge in [0, 0.05) is 18.0 Å². The molecule has 78 valence electrons. The highest BCUT2D eigenvalue weighted by molar-refractivity contribution is 6.23. The van der Waals surface area contributed by atoms with Crippen LogP contribution in [0.3, 0.4) is 0 Å². The molecular formula is C14H14BN. The molecule has 1 aliphatic rings. The lowest BCUT2D eigenvalue weighted by molar-refractivity contribution is 1.24. The zero-order chi connectivity index (χ0) is 11.5. The van der Waals surface area contributed by atoms with E-state index in [1.807, 2.05) is 25.4 Å². The number of aryl methyl sites for hydroxylation is 1. The monoisotopic (exact) mass is 207 g/mol. The van der Waals surface area contributed by atoms with Crippen LogP contribution >= 0.6 is 0 Å². The molecule has 2 radical (unpaired) electrons. The van der Waals surface area contributed by atoms with Crippen LogP contribution in [0.2, 0.25) is 0 Å². The maximum Gasteiger partial charge on any atom is 0.107 e. The van der Waals surface area contributed by atoms with Crippen molar-refractivity contribution in [3.05, 3.63) is 52.8 Å². The van der Waals surface area contributed by atoms with Crippen LogP contribution in [0.4, 0.5) is 0 Å². The van der Waals surface area contributed by atoms with E-state index < -0.39 is 0 Å². The Balaban J connectivity index is 2.56. The molecule has 1 aromatic rings. The molecule has 0 aromatic carbocycles. The molecule has 0 N–H and O–H groups in total. The summed E-state index contributed by atoms with van der Waals surface area (Å²) in [7, 11) is 5.76. The molecule has 1 heterocycles. The fourth-order valence-corrected chi connectivity index (χ4v) is 1.88. The average Bonchev–Trinajstić information content (AvgIpc) is 2.73. The quantitative estimate of drug-likeness (QED) is 0.678. The van der Waals surface area contributed by atoms with Gasteiger partial charge in [-0.2, -0.15) is 0 Å². The molecule has 2 heteroatoms. The zero-order valence-electron chi connectivity index (χ0n) is 9.70. The molecule has 0 fully saturated rings.